The second-order valence-electron chi connectivity index (χ2n) is 9.04. The number of benzene rings is 2. The van der Waals surface area contributed by atoms with Crippen molar-refractivity contribution in [3.05, 3.63) is 64.7 Å². The van der Waals surface area contributed by atoms with Crippen molar-refractivity contribution in [2.24, 2.45) is 0 Å². The number of nitrogens with zero attached hydrogens (tertiary/aromatic N) is 2. The fourth-order valence-corrected chi connectivity index (χ4v) is 4.67. The highest BCUT2D eigenvalue weighted by molar-refractivity contribution is 6.46. The van der Waals surface area contributed by atoms with Gasteiger partial charge in [-0.15, -0.1) is 0 Å². The minimum atomic E-state index is -0.702. The van der Waals surface area contributed by atoms with E-state index in [1.807, 2.05) is 32.0 Å². The summed E-state index contributed by atoms with van der Waals surface area (Å²) >= 11 is 0. The van der Waals surface area contributed by atoms with Gasteiger partial charge in [-0.05, 0) is 54.8 Å². The Hall–Kier alpha value is -3.36. The van der Waals surface area contributed by atoms with Crippen LogP contribution in [0.1, 0.15) is 36.1 Å². The van der Waals surface area contributed by atoms with E-state index in [4.69, 9.17) is 14.2 Å². The molecule has 4 rings (SSSR count). The fraction of sp³-hybridized carbons (Fsp3) is 0.429. The molecule has 0 radical (unpaired) electrons. The fourth-order valence-electron chi connectivity index (χ4n) is 4.67. The van der Waals surface area contributed by atoms with Crippen LogP contribution >= 0.6 is 0 Å². The van der Waals surface area contributed by atoms with Gasteiger partial charge in [0.2, 0.25) is 0 Å². The van der Waals surface area contributed by atoms with Crippen LogP contribution in [0.15, 0.2) is 48.0 Å². The van der Waals surface area contributed by atoms with Crippen molar-refractivity contribution in [3.8, 4) is 11.5 Å². The molecule has 0 aromatic heterocycles. The largest absolute Gasteiger partial charge is 0.507 e. The molecule has 2 saturated heterocycles. The highest BCUT2D eigenvalue weighted by Crippen LogP contribution is 2.40. The quantitative estimate of drug-likeness (QED) is 0.324. The van der Waals surface area contributed by atoms with E-state index in [1.54, 1.807) is 36.3 Å². The van der Waals surface area contributed by atoms with Gasteiger partial charge in [0.25, 0.3) is 11.7 Å². The Bertz CT molecular complexity index is 1120. The van der Waals surface area contributed by atoms with E-state index < -0.39 is 17.7 Å². The number of hydrogen-bond donors (Lipinski definition) is 1. The lowest BCUT2D eigenvalue weighted by molar-refractivity contribution is -0.140. The van der Waals surface area contributed by atoms with Crippen molar-refractivity contribution >= 4 is 17.4 Å². The Balaban J connectivity index is 1.72. The number of ketones is 1. The summed E-state index contributed by atoms with van der Waals surface area (Å²) < 4.78 is 16.4. The number of hydrogen-bond acceptors (Lipinski definition) is 7. The van der Waals surface area contributed by atoms with Crippen molar-refractivity contribution in [1.82, 2.24) is 9.80 Å². The molecule has 0 bridgehead atoms. The van der Waals surface area contributed by atoms with E-state index in [1.165, 1.54) is 0 Å². The Morgan fingerprint density at radius 2 is 1.75 bits per heavy atom. The molecule has 1 atom stereocenters. The van der Waals surface area contributed by atoms with Crippen LogP contribution in [0.3, 0.4) is 0 Å². The van der Waals surface area contributed by atoms with Crippen LogP contribution in [-0.2, 0) is 14.3 Å². The van der Waals surface area contributed by atoms with E-state index in [-0.39, 0.29) is 11.3 Å². The predicted octanol–water partition coefficient (Wildman–Crippen LogP) is 3.55. The first kappa shape index (κ1) is 25.7. The van der Waals surface area contributed by atoms with E-state index in [0.29, 0.717) is 50.0 Å². The number of aliphatic hydroxyl groups is 1. The van der Waals surface area contributed by atoms with Crippen LogP contribution in [0.2, 0.25) is 0 Å². The van der Waals surface area contributed by atoms with Gasteiger partial charge in [-0.25, -0.2) is 0 Å². The maximum absolute atomic E-state index is 13.3. The van der Waals surface area contributed by atoms with Crippen LogP contribution < -0.4 is 9.47 Å². The molecule has 2 aliphatic heterocycles. The van der Waals surface area contributed by atoms with E-state index >= 15 is 0 Å². The number of methoxy groups -OCH3 is 1. The monoisotopic (exact) mass is 494 g/mol. The lowest BCUT2D eigenvalue weighted by Gasteiger charge is -2.31. The topological polar surface area (TPSA) is 88.5 Å². The maximum atomic E-state index is 13.3. The van der Waals surface area contributed by atoms with Crippen molar-refractivity contribution in [2.75, 3.05) is 53.1 Å². The van der Waals surface area contributed by atoms with Crippen molar-refractivity contribution in [2.45, 2.75) is 26.3 Å². The summed E-state index contributed by atoms with van der Waals surface area (Å²) in [7, 11) is 1.58. The number of morpholine rings is 1. The highest BCUT2D eigenvalue weighted by atomic mass is 16.5. The summed E-state index contributed by atoms with van der Waals surface area (Å²) in [6.07, 6.45) is 0.885. The molecule has 0 spiro atoms. The molecule has 2 heterocycles. The summed E-state index contributed by atoms with van der Waals surface area (Å²) in [6, 6.07) is 11.9. The van der Waals surface area contributed by atoms with Gasteiger partial charge in [-0.2, -0.15) is 0 Å². The standard InChI is InChI=1S/C28H34N2O6/c1-4-15-36-22-9-10-23(19(2)18-22)26(31)24-25(20-5-7-21(34-3)8-6-20)30(28(33)27(24)32)12-11-29-13-16-35-17-14-29/h5-10,18,25,31H,4,11-17H2,1-3H3/t25-/m0/s1. The van der Waals surface area contributed by atoms with E-state index in [0.717, 1.165) is 30.6 Å². The molecule has 0 saturated carbocycles. The number of aryl methyl sites for hydroxylation is 1. The van der Waals surface area contributed by atoms with Crippen molar-refractivity contribution < 1.29 is 28.9 Å². The predicted molar refractivity (Wildman–Crippen MR) is 136 cm³/mol. The minimum absolute atomic E-state index is 0.0949. The molecular formula is C28H34N2O6. The molecule has 2 fully saturated rings. The summed E-state index contributed by atoms with van der Waals surface area (Å²) in [5.74, 6) is -0.0964. The average molecular weight is 495 g/mol. The van der Waals surface area contributed by atoms with Crippen LogP contribution in [0, 0.1) is 6.92 Å². The Morgan fingerprint density at radius 3 is 2.39 bits per heavy atom. The second-order valence-corrected chi connectivity index (χ2v) is 9.04. The molecule has 36 heavy (non-hydrogen) atoms. The zero-order valence-electron chi connectivity index (χ0n) is 21.2. The van der Waals surface area contributed by atoms with Gasteiger partial charge in [-0.3, -0.25) is 14.5 Å². The minimum Gasteiger partial charge on any atom is -0.507 e. The first-order valence-electron chi connectivity index (χ1n) is 12.4. The Kier molecular flexibility index (Phi) is 8.28. The third-order valence-corrected chi connectivity index (χ3v) is 6.66. The van der Waals surface area contributed by atoms with E-state index in [9.17, 15) is 14.7 Å². The molecule has 8 nitrogen and oxygen atoms in total. The molecule has 2 aromatic carbocycles. The number of aliphatic hydroxyl groups excluding tert-OH is 1. The zero-order valence-corrected chi connectivity index (χ0v) is 21.2. The second kappa shape index (κ2) is 11.6. The lowest BCUT2D eigenvalue weighted by Crippen LogP contribution is -2.42. The third-order valence-electron chi connectivity index (χ3n) is 6.66. The summed E-state index contributed by atoms with van der Waals surface area (Å²) in [6.45, 7) is 8.32. The Labute approximate surface area is 212 Å². The average Bonchev–Trinajstić information content (AvgIpc) is 3.16. The molecule has 0 aliphatic carbocycles. The van der Waals surface area contributed by atoms with Gasteiger partial charge in [0.1, 0.15) is 17.3 Å². The first-order valence-corrected chi connectivity index (χ1v) is 12.4. The molecule has 1 amide bonds. The molecule has 0 unspecified atom stereocenters. The van der Waals surface area contributed by atoms with Gasteiger partial charge >= 0.3 is 0 Å². The molecule has 2 aliphatic rings. The zero-order chi connectivity index (χ0) is 25.7. The number of ether oxygens (including phenoxy) is 3. The van der Waals surface area contributed by atoms with Gasteiger partial charge in [0, 0.05) is 31.7 Å². The van der Waals surface area contributed by atoms with Crippen molar-refractivity contribution in [1.29, 1.82) is 0 Å². The number of amides is 1. The number of likely N-dealkylation sites (tertiary alicyclic amines) is 1. The van der Waals surface area contributed by atoms with Gasteiger partial charge in [0.15, 0.2) is 0 Å². The first-order chi connectivity index (χ1) is 17.4. The number of carbonyl (C=O) groups is 2. The van der Waals surface area contributed by atoms with Crippen LogP contribution in [0.25, 0.3) is 5.76 Å². The molecule has 1 N–H and O–H groups in total. The summed E-state index contributed by atoms with van der Waals surface area (Å²) in [5, 5.41) is 11.4. The van der Waals surface area contributed by atoms with Gasteiger partial charge in [-0.1, -0.05) is 19.1 Å². The van der Waals surface area contributed by atoms with Gasteiger partial charge < -0.3 is 24.2 Å². The van der Waals surface area contributed by atoms with E-state index in [2.05, 4.69) is 4.90 Å². The summed E-state index contributed by atoms with van der Waals surface area (Å²) in [5.41, 5.74) is 2.09. The SMILES string of the molecule is CCCOc1ccc(C(O)=C2C(=O)C(=O)N(CCN3CCOCC3)[C@H]2c2ccc(OC)cc2)c(C)c1. The highest BCUT2D eigenvalue weighted by Gasteiger charge is 2.46. The number of rotatable bonds is 9. The number of Topliss-reactive ketones (excluding diaryl/α,β-unsaturated/α-hetero) is 1. The van der Waals surface area contributed by atoms with Crippen LogP contribution in [0.4, 0.5) is 0 Å². The smallest absolute Gasteiger partial charge is 0.295 e. The molecular weight excluding hydrogens is 460 g/mol. The van der Waals surface area contributed by atoms with Crippen LogP contribution in [-0.4, -0.2) is 79.7 Å². The number of carbonyl (C=O) groups excluding carboxylic acids is 2. The normalized spacial score (nSPS) is 20.1. The summed E-state index contributed by atoms with van der Waals surface area (Å²) in [4.78, 5) is 30.3. The molecule has 192 valence electrons. The molecule has 8 heteroatoms. The maximum Gasteiger partial charge on any atom is 0.295 e. The van der Waals surface area contributed by atoms with Crippen LogP contribution in [0.5, 0.6) is 11.5 Å². The third kappa shape index (κ3) is 5.39. The lowest BCUT2D eigenvalue weighted by atomic mass is 9.94. The van der Waals surface area contributed by atoms with Gasteiger partial charge in [0.05, 0.1) is 38.5 Å². The Morgan fingerprint density at radius 1 is 1.06 bits per heavy atom. The molecule has 2 aromatic rings. The van der Waals surface area contributed by atoms with Crippen molar-refractivity contribution in [3.63, 3.8) is 0 Å².